The number of piperidine rings is 1. The van der Waals surface area contributed by atoms with Crippen molar-refractivity contribution in [1.29, 1.82) is 5.26 Å². The second-order valence-electron chi connectivity index (χ2n) is 5.00. The molecule has 3 heterocycles. The fourth-order valence-corrected chi connectivity index (χ4v) is 2.43. The van der Waals surface area contributed by atoms with E-state index in [2.05, 4.69) is 21.1 Å². The molecule has 108 valence electrons. The van der Waals surface area contributed by atoms with Gasteiger partial charge >= 0.3 is 0 Å². The van der Waals surface area contributed by atoms with Gasteiger partial charge in [0.05, 0.1) is 6.20 Å². The molecule has 8 heteroatoms. The molecule has 1 aliphatic heterocycles. The van der Waals surface area contributed by atoms with Gasteiger partial charge in [0.25, 0.3) is 0 Å². The van der Waals surface area contributed by atoms with Crippen molar-refractivity contribution in [3.8, 4) is 11.9 Å². The summed E-state index contributed by atoms with van der Waals surface area (Å²) in [7, 11) is 0. The number of hydrogen-bond donors (Lipinski definition) is 2. The van der Waals surface area contributed by atoms with Crippen LogP contribution in [0.25, 0.3) is 5.82 Å². The van der Waals surface area contributed by atoms with Crippen molar-refractivity contribution in [2.24, 2.45) is 5.73 Å². The zero-order valence-electron chi connectivity index (χ0n) is 11.5. The molecule has 2 aromatic heterocycles. The van der Waals surface area contributed by atoms with Gasteiger partial charge in [0.1, 0.15) is 17.5 Å². The molecular weight excluding hydrogens is 268 g/mol. The van der Waals surface area contributed by atoms with E-state index in [4.69, 9.17) is 11.5 Å². The smallest absolute Gasteiger partial charge is 0.174 e. The van der Waals surface area contributed by atoms with Crippen molar-refractivity contribution in [1.82, 2.24) is 19.7 Å². The molecule has 21 heavy (non-hydrogen) atoms. The van der Waals surface area contributed by atoms with Crippen LogP contribution >= 0.6 is 0 Å². The molecule has 8 nitrogen and oxygen atoms in total. The van der Waals surface area contributed by atoms with Crippen LogP contribution < -0.4 is 16.4 Å². The number of aromatic nitrogens is 4. The highest BCUT2D eigenvalue weighted by molar-refractivity contribution is 5.66. The minimum absolute atomic E-state index is 0.214. The van der Waals surface area contributed by atoms with E-state index in [0.717, 1.165) is 25.9 Å². The van der Waals surface area contributed by atoms with Crippen molar-refractivity contribution in [3.05, 3.63) is 24.2 Å². The number of anilines is 2. The first-order chi connectivity index (χ1) is 10.2. The number of hydrogen-bond acceptors (Lipinski definition) is 7. The van der Waals surface area contributed by atoms with E-state index in [9.17, 15) is 5.26 Å². The predicted molar refractivity (Wildman–Crippen MR) is 77.7 cm³/mol. The van der Waals surface area contributed by atoms with Gasteiger partial charge < -0.3 is 16.4 Å². The van der Waals surface area contributed by atoms with E-state index in [1.807, 2.05) is 4.90 Å². The molecule has 0 saturated carbocycles. The quantitative estimate of drug-likeness (QED) is 0.798. The van der Waals surface area contributed by atoms with Gasteiger partial charge in [-0.05, 0) is 12.8 Å². The van der Waals surface area contributed by atoms with E-state index >= 15 is 0 Å². The molecule has 0 aliphatic carbocycles. The van der Waals surface area contributed by atoms with Crippen LogP contribution in [0.5, 0.6) is 0 Å². The molecule has 0 unspecified atom stereocenters. The average molecular weight is 284 g/mol. The molecule has 1 saturated heterocycles. The van der Waals surface area contributed by atoms with Gasteiger partial charge in [-0.1, -0.05) is 0 Å². The van der Waals surface area contributed by atoms with Crippen LogP contribution in [0, 0.1) is 11.3 Å². The van der Waals surface area contributed by atoms with Crippen molar-refractivity contribution < 1.29 is 0 Å². The second-order valence-corrected chi connectivity index (χ2v) is 5.00. The first-order valence-corrected chi connectivity index (χ1v) is 6.76. The third-order valence-corrected chi connectivity index (χ3v) is 3.62. The lowest BCUT2D eigenvalue weighted by atomic mass is 10.1. The number of nitrogens with two attached hydrogens (primary N) is 2. The average Bonchev–Trinajstić information content (AvgIpc) is 2.85. The van der Waals surface area contributed by atoms with Gasteiger partial charge in [-0.2, -0.15) is 9.94 Å². The summed E-state index contributed by atoms with van der Waals surface area (Å²) in [6.45, 7) is 1.54. The van der Waals surface area contributed by atoms with Crippen LogP contribution in [0.4, 0.5) is 11.6 Å². The molecule has 0 amide bonds. The maximum Gasteiger partial charge on any atom is 0.174 e. The Bertz CT molecular complexity index is 663. The third kappa shape index (κ3) is 2.39. The van der Waals surface area contributed by atoms with E-state index < -0.39 is 0 Å². The first-order valence-electron chi connectivity index (χ1n) is 6.76. The van der Waals surface area contributed by atoms with Crippen LogP contribution in [0.1, 0.15) is 18.4 Å². The minimum atomic E-state index is 0.214. The lowest BCUT2D eigenvalue weighted by Gasteiger charge is -2.30. The summed E-state index contributed by atoms with van der Waals surface area (Å²) in [5, 5.41) is 13.8. The SMILES string of the molecule is N#Cc1c(N2CCC(N)CC2)nn(-c2cnccn2)c1N. The molecule has 1 fully saturated rings. The Morgan fingerprint density at radius 1 is 1.29 bits per heavy atom. The Morgan fingerprint density at radius 2 is 2.05 bits per heavy atom. The van der Waals surface area contributed by atoms with Gasteiger partial charge in [0, 0.05) is 31.5 Å². The Morgan fingerprint density at radius 3 is 2.67 bits per heavy atom. The van der Waals surface area contributed by atoms with Crippen LogP contribution in [-0.4, -0.2) is 38.9 Å². The number of nitrogens with zero attached hydrogens (tertiary/aromatic N) is 6. The second kappa shape index (κ2) is 5.38. The fraction of sp³-hybridized carbons (Fsp3) is 0.385. The van der Waals surface area contributed by atoms with Crippen molar-refractivity contribution in [2.75, 3.05) is 23.7 Å². The Labute approximate surface area is 122 Å². The van der Waals surface area contributed by atoms with Crippen LogP contribution in [0.3, 0.4) is 0 Å². The van der Waals surface area contributed by atoms with Crippen molar-refractivity contribution in [2.45, 2.75) is 18.9 Å². The highest BCUT2D eigenvalue weighted by atomic mass is 15.4. The van der Waals surface area contributed by atoms with E-state index in [-0.39, 0.29) is 11.9 Å². The lowest BCUT2D eigenvalue weighted by molar-refractivity contribution is 0.497. The molecule has 0 atom stereocenters. The highest BCUT2D eigenvalue weighted by Crippen LogP contribution is 2.28. The normalized spacial score (nSPS) is 15.9. The van der Waals surface area contributed by atoms with Crippen LogP contribution in [0.2, 0.25) is 0 Å². The minimum Gasteiger partial charge on any atom is -0.382 e. The molecule has 4 N–H and O–H groups in total. The van der Waals surface area contributed by atoms with E-state index in [0.29, 0.717) is 17.2 Å². The Hall–Kier alpha value is -2.66. The fourth-order valence-electron chi connectivity index (χ4n) is 2.43. The summed E-state index contributed by atoms with van der Waals surface area (Å²) >= 11 is 0. The molecule has 0 radical (unpaired) electrons. The third-order valence-electron chi connectivity index (χ3n) is 3.62. The molecule has 0 spiro atoms. The summed E-state index contributed by atoms with van der Waals surface area (Å²) in [4.78, 5) is 10.2. The summed E-state index contributed by atoms with van der Waals surface area (Å²) in [6, 6.07) is 2.35. The monoisotopic (exact) mass is 284 g/mol. The van der Waals surface area contributed by atoms with Gasteiger partial charge in [-0.25, -0.2) is 4.98 Å². The maximum atomic E-state index is 9.37. The summed E-state index contributed by atoms with van der Waals surface area (Å²) in [5.74, 6) is 1.36. The molecule has 0 bridgehead atoms. The Kier molecular flexibility index (Phi) is 3.41. The standard InChI is InChI=1S/C13H16N8/c14-7-10-12(16)21(11-8-17-3-4-18-11)19-13(10)20-5-1-9(15)2-6-20/h3-4,8-9H,1-2,5-6,15-16H2. The first kappa shape index (κ1) is 13.3. The molecule has 0 aromatic carbocycles. The maximum absolute atomic E-state index is 9.37. The number of nitriles is 1. The number of rotatable bonds is 2. The Balaban J connectivity index is 2.00. The lowest BCUT2D eigenvalue weighted by Crippen LogP contribution is -2.40. The van der Waals surface area contributed by atoms with E-state index in [1.54, 1.807) is 18.6 Å². The number of nitrogen functional groups attached to an aromatic ring is 1. The molecule has 2 aromatic rings. The highest BCUT2D eigenvalue weighted by Gasteiger charge is 2.25. The van der Waals surface area contributed by atoms with Crippen LogP contribution in [-0.2, 0) is 0 Å². The van der Waals surface area contributed by atoms with Crippen molar-refractivity contribution >= 4 is 11.6 Å². The van der Waals surface area contributed by atoms with Gasteiger partial charge in [-0.15, -0.1) is 5.10 Å². The predicted octanol–water partition coefficient (Wildman–Crippen LogP) is 0.0437. The molecule has 3 rings (SSSR count). The van der Waals surface area contributed by atoms with Gasteiger partial charge in [0.15, 0.2) is 11.6 Å². The van der Waals surface area contributed by atoms with Gasteiger partial charge in [-0.3, -0.25) is 4.98 Å². The summed E-state index contributed by atoms with van der Waals surface area (Å²) in [6.07, 6.45) is 6.44. The zero-order valence-corrected chi connectivity index (χ0v) is 11.5. The molecular formula is C13H16N8. The topological polar surface area (TPSA) is 123 Å². The largest absolute Gasteiger partial charge is 0.382 e. The van der Waals surface area contributed by atoms with E-state index in [1.165, 1.54) is 4.68 Å². The van der Waals surface area contributed by atoms with Crippen molar-refractivity contribution in [3.63, 3.8) is 0 Å². The summed E-state index contributed by atoms with van der Waals surface area (Å²) in [5.41, 5.74) is 12.3. The van der Waals surface area contributed by atoms with Crippen LogP contribution in [0.15, 0.2) is 18.6 Å². The zero-order chi connectivity index (χ0) is 14.8. The molecule has 1 aliphatic rings. The summed E-state index contributed by atoms with van der Waals surface area (Å²) < 4.78 is 1.45. The van der Waals surface area contributed by atoms with Gasteiger partial charge in [0.2, 0.25) is 0 Å².